The highest BCUT2D eigenvalue weighted by atomic mass is 35.5. The molecule has 0 spiro atoms. The molecule has 140 valence electrons. The second-order valence-corrected chi connectivity index (χ2v) is 6.74. The Hall–Kier alpha value is -3.02. The van der Waals surface area contributed by atoms with Crippen molar-refractivity contribution >= 4 is 41.1 Å². The van der Waals surface area contributed by atoms with Crippen molar-refractivity contribution in [1.82, 2.24) is 0 Å². The molecule has 7 heteroatoms. The van der Waals surface area contributed by atoms with Crippen molar-refractivity contribution in [3.8, 4) is 5.75 Å². The lowest BCUT2D eigenvalue weighted by atomic mass is 10.2. The first-order valence-corrected chi connectivity index (χ1v) is 9.07. The number of esters is 1. The number of ether oxygens (including phenoxy) is 2. The van der Waals surface area contributed by atoms with Crippen LogP contribution in [0.15, 0.2) is 76.0 Å². The van der Waals surface area contributed by atoms with E-state index in [0.717, 1.165) is 11.1 Å². The van der Waals surface area contributed by atoms with Gasteiger partial charge in [0, 0.05) is 0 Å². The van der Waals surface area contributed by atoms with Gasteiger partial charge in [-0.1, -0.05) is 41.4 Å². The number of hydrogen-bond acceptors (Lipinski definition) is 5. The minimum absolute atomic E-state index is 0.147. The van der Waals surface area contributed by atoms with E-state index in [1.807, 2.05) is 24.3 Å². The van der Waals surface area contributed by atoms with E-state index in [9.17, 15) is 4.79 Å². The van der Waals surface area contributed by atoms with E-state index >= 15 is 0 Å². The Labute approximate surface area is 170 Å². The van der Waals surface area contributed by atoms with E-state index in [4.69, 9.17) is 37.1 Å². The first-order valence-electron chi connectivity index (χ1n) is 8.32. The number of rotatable bonds is 5. The second-order valence-electron chi connectivity index (χ2n) is 5.92. The fourth-order valence-electron chi connectivity index (χ4n) is 2.56. The van der Waals surface area contributed by atoms with Crippen LogP contribution in [0.25, 0.3) is 6.08 Å². The Morgan fingerprint density at radius 2 is 1.93 bits per heavy atom. The van der Waals surface area contributed by atoms with Gasteiger partial charge in [-0.15, -0.1) is 0 Å². The lowest BCUT2D eigenvalue weighted by Gasteiger charge is -2.08. The maximum Gasteiger partial charge on any atom is 0.363 e. The fourth-order valence-corrected chi connectivity index (χ4v) is 2.88. The Balaban J connectivity index is 1.50. The maximum atomic E-state index is 12.0. The van der Waals surface area contributed by atoms with E-state index in [-0.39, 0.29) is 11.6 Å². The van der Waals surface area contributed by atoms with Crippen LogP contribution in [0, 0.1) is 0 Å². The van der Waals surface area contributed by atoms with Gasteiger partial charge < -0.3 is 13.9 Å². The maximum absolute atomic E-state index is 12.0. The molecule has 5 nitrogen and oxygen atoms in total. The summed E-state index contributed by atoms with van der Waals surface area (Å²) in [4.78, 5) is 16.2. The molecule has 0 radical (unpaired) electrons. The van der Waals surface area contributed by atoms with Crippen molar-refractivity contribution in [3.05, 3.63) is 93.5 Å². The lowest BCUT2D eigenvalue weighted by molar-refractivity contribution is -0.130. The molecule has 0 saturated heterocycles. The molecule has 0 saturated carbocycles. The van der Waals surface area contributed by atoms with Gasteiger partial charge >= 0.3 is 5.97 Å². The molecule has 2 heterocycles. The van der Waals surface area contributed by atoms with Crippen molar-refractivity contribution in [2.75, 3.05) is 0 Å². The number of carbonyl (C=O) groups is 1. The van der Waals surface area contributed by atoms with Crippen molar-refractivity contribution in [1.29, 1.82) is 0 Å². The topological polar surface area (TPSA) is 61.0 Å². The molecular weight excluding hydrogens is 401 g/mol. The van der Waals surface area contributed by atoms with Crippen LogP contribution in [0.3, 0.4) is 0 Å². The van der Waals surface area contributed by atoms with Gasteiger partial charge in [0.15, 0.2) is 11.5 Å². The fraction of sp³-hybridized carbons (Fsp3) is 0.0476. The molecule has 3 aromatic rings. The number of aliphatic imine (C=N–C) groups is 1. The summed E-state index contributed by atoms with van der Waals surface area (Å²) in [6, 6.07) is 16.0. The van der Waals surface area contributed by atoms with Crippen LogP contribution in [0.1, 0.15) is 16.9 Å². The van der Waals surface area contributed by atoms with E-state index in [2.05, 4.69) is 4.99 Å². The van der Waals surface area contributed by atoms with E-state index in [1.54, 1.807) is 36.4 Å². The third-order valence-electron chi connectivity index (χ3n) is 3.90. The summed E-state index contributed by atoms with van der Waals surface area (Å²) in [7, 11) is 0. The molecule has 0 unspecified atom stereocenters. The van der Waals surface area contributed by atoms with E-state index in [1.165, 1.54) is 6.26 Å². The van der Waals surface area contributed by atoms with Gasteiger partial charge in [0.05, 0.1) is 16.3 Å². The summed E-state index contributed by atoms with van der Waals surface area (Å²) in [6.45, 7) is 0.333. The molecule has 2 aromatic carbocycles. The molecule has 0 atom stereocenters. The average molecular weight is 414 g/mol. The van der Waals surface area contributed by atoms with Crippen LogP contribution in [0.4, 0.5) is 0 Å². The largest absolute Gasteiger partial charge is 0.489 e. The zero-order chi connectivity index (χ0) is 19.5. The number of furan rings is 1. The van der Waals surface area contributed by atoms with Gasteiger partial charge in [-0.3, -0.25) is 0 Å². The normalized spacial score (nSPS) is 14.9. The Kier molecular flexibility index (Phi) is 5.19. The molecule has 28 heavy (non-hydrogen) atoms. The summed E-state index contributed by atoms with van der Waals surface area (Å²) >= 11 is 11.9. The Bertz CT molecular complexity index is 1090. The summed E-state index contributed by atoms with van der Waals surface area (Å²) in [5.74, 6) is 0.652. The van der Waals surface area contributed by atoms with Crippen LogP contribution in [-0.2, 0) is 16.1 Å². The molecule has 0 aliphatic carbocycles. The number of benzene rings is 2. The van der Waals surface area contributed by atoms with Gasteiger partial charge in [0.25, 0.3) is 5.90 Å². The molecule has 0 fully saturated rings. The lowest BCUT2D eigenvalue weighted by Crippen LogP contribution is -2.04. The molecule has 1 aliphatic heterocycles. The Morgan fingerprint density at radius 1 is 1.04 bits per heavy atom. The highest BCUT2D eigenvalue weighted by Gasteiger charge is 2.25. The number of cyclic esters (lactones) is 1. The number of nitrogens with zero attached hydrogens (tertiary/aromatic N) is 1. The number of halogens is 2. The summed E-state index contributed by atoms with van der Waals surface area (Å²) in [5.41, 5.74) is 1.83. The van der Waals surface area contributed by atoms with Crippen LogP contribution in [0.2, 0.25) is 10.0 Å². The minimum Gasteiger partial charge on any atom is -0.489 e. The van der Waals surface area contributed by atoms with E-state index in [0.29, 0.717) is 28.2 Å². The van der Waals surface area contributed by atoms with Crippen LogP contribution in [0.5, 0.6) is 5.75 Å². The zero-order valence-electron chi connectivity index (χ0n) is 14.4. The first-order chi connectivity index (χ1) is 13.6. The third kappa shape index (κ3) is 4.11. The minimum atomic E-state index is -0.534. The van der Waals surface area contributed by atoms with Crippen molar-refractivity contribution in [2.24, 2.45) is 4.99 Å². The summed E-state index contributed by atoms with van der Waals surface area (Å²) in [6.07, 6.45) is 3.12. The second kappa shape index (κ2) is 7.92. The molecule has 0 amide bonds. The van der Waals surface area contributed by atoms with Gasteiger partial charge in [-0.25, -0.2) is 9.79 Å². The molecule has 4 rings (SSSR count). The standard InChI is InChI=1S/C21H13Cl2NO4/c22-16-7-6-14(10-17(16)23)12-27-15-4-1-3-13(9-15)11-18-21(25)28-20(24-18)19-5-2-8-26-19/h1-11H,12H2/b18-11-. The predicted molar refractivity (Wildman–Crippen MR) is 107 cm³/mol. The first kappa shape index (κ1) is 18.3. The van der Waals surface area contributed by atoms with Crippen molar-refractivity contribution < 1.29 is 18.7 Å². The number of hydrogen-bond donors (Lipinski definition) is 0. The summed E-state index contributed by atoms with van der Waals surface area (Å²) in [5, 5.41) is 0.975. The third-order valence-corrected chi connectivity index (χ3v) is 4.64. The van der Waals surface area contributed by atoms with Crippen LogP contribution < -0.4 is 4.74 Å². The molecule has 0 bridgehead atoms. The zero-order valence-corrected chi connectivity index (χ0v) is 15.9. The SMILES string of the molecule is O=C1OC(c2ccco2)=N/C1=C\c1cccc(OCc2ccc(Cl)c(Cl)c2)c1. The van der Waals surface area contributed by atoms with Gasteiger partial charge in [0.1, 0.15) is 12.4 Å². The highest BCUT2D eigenvalue weighted by Crippen LogP contribution is 2.25. The summed E-state index contributed by atoms with van der Waals surface area (Å²) < 4.78 is 16.1. The van der Waals surface area contributed by atoms with Crippen molar-refractivity contribution in [3.63, 3.8) is 0 Å². The number of carbonyl (C=O) groups excluding carboxylic acids is 1. The van der Waals surface area contributed by atoms with Crippen molar-refractivity contribution in [2.45, 2.75) is 6.61 Å². The average Bonchev–Trinajstić information content (AvgIpc) is 3.34. The van der Waals surface area contributed by atoms with Crippen LogP contribution in [-0.4, -0.2) is 11.9 Å². The quantitative estimate of drug-likeness (QED) is 0.408. The van der Waals surface area contributed by atoms with Gasteiger partial charge in [-0.05, 0) is 53.6 Å². The smallest absolute Gasteiger partial charge is 0.363 e. The highest BCUT2D eigenvalue weighted by molar-refractivity contribution is 6.42. The van der Waals surface area contributed by atoms with Gasteiger partial charge in [-0.2, -0.15) is 0 Å². The van der Waals surface area contributed by atoms with Gasteiger partial charge in [0.2, 0.25) is 0 Å². The Morgan fingerprint density at radius 3 is 2.71 bits per heavy atom. The molecule has 1 aromatic heterocycles. The molecular formula is C21H13Cl2NO4. The molecule has 0 N–H and O–H groups in total. The van der Waals surface area contributed by atoms with Crippen LogP contribution >= 0.6 is 23.2 Å². The molecule has 1 aliphatic rings. The predicted octanol–water partition coefficient (Wildman–Crippen LogP) is 5.51. The van der Waals surface area contributed by atoms with E-state index < -0.39 is 5.97 Å². The monoisotopic (exact) mass is 413 g/mol.